The first kappa shape index (κ1) is 30.1. The van der Waals surface area contributed by atoms with E-state index >= 15 is 0 Å². The van der Waals surface area contributed by atoms with Gasteiger partial charge in [-0.2, -0.15) is 17.8 Å². The number of ether oxygens (including phenoxy) is 1. The summed E-state index contributed by atoms with van der Waals surface area (Å²) < 4.78 is 36.7. The molecule has 1 unspecified atom stereocenters. The number of aliphatic imine (C=N–C) groups is 1. The second-order valence-corrected chi connectivity index (χ2v) is 11.9. The lowest BCUT2D eigenvalue weighted by Gasteiger charge is -2.27. The molecule has 0 bridgehead atoms. The molecule has 13 nitrogen and oxygen atoms in total. The third-order valence-electron chi connectivity index (χ3n) is 6.95. The first-order valence-electron chi connectivity index (χ1n) is 13.2. The van der Waals surface area contributed by atoms with Gasteiger partial charge < -0.3 is 9.84 Å². The number of β-amino-alcohol motifs (C(OH)–C–C–N with tert-alkyl or cyclic N) is 1. The Bertz CT molecular complexity index is 1730. The predicted molar refractivity (Wildman–Crippen MR) is 162 cm³/mol. The van der Waals surface area contributed by atoms with Crippen LogP contribution < -0.4 is 9.46 Å². The minimum absolute atomic E-state index is 0.0381. The van der Waals surface area contributed by atoms with E-state index < -0.39 is 15.8 Å². The van der Waals surface area contributed by atoms with Gasteiger partial charge in [-0.05, 0) is 46.3 Å². The molecule has 2 N–H and O–H groups in total. The molecule has 1 aliphatic rings. The SMILES string of the molecule is CCN(C)S(=O)(=O)NC(=NC)N1CC(O)(c2ccc(OCc3ccccc3-n3cnnn3)cc2)C(c2ccc(Cl)cc2)=N1. The van der Waals surface area contributed by atoms with Crippen LogP contribution in [0.3, 0.4) is 0 Å². The van der Waals surface area contributed by atoms with Crippen LogP contribution in [0.4, 0.5) is 0 Å². The molecule has 0 radical (unpaired) electrons. The maximum absolute atomic E-state index is 12.8. The molecule has 1 aliphatic heterocycles. The molecule has 5 rings (SSSR count). The van der Waals surface area contributed by atoms with E-state index in [4.69, 9.17) is 16.3 Å². The van der Waals surface area contributed by atoms with Gasteiger partial charge in [0.05, 0.1) is 12.2 Å². The van der Waals surface area contributed by atoms with Gasteiger partial charge in [-0.15, -0.1) is 5.10 Å². The monoisotopic (exact) mass is 623 g/mol. The molecule has 43 heavy (non-hydrogen) atoms. The van der Waals surface area contributed by atoms with Gasteiger partial charge in [-0.1, -0.05) is 61.0 Å². The van der Waals surface area contributed by atoms with Crippen molar-refractivity contribution in [2.75, 3.05) is 27.2 Å². The van der Waals surface area contributed by atoms with Crippen molar-refractivity contribution in [3.05, 3.63) is 101 Å². The van der Waals surface area contributed by atoms with Crippen molar-refractivity contribution in [3.8, 4) is 11.4 Å². The topological polar surface area (TPSA) is 150 Å². The smallest absolute Gasteiger partial charge is 0.303 e. The van der Waals surface area contributed by atoms with Crippen LogP contribution in [0.2, 0.25) is 5.02 Å². The van der Waals surface area contributed by atoms with E-state index in [1.165, 1.54) is 25.4 Å². The fraction of sp³-hybridized carbons (Fsp3) is 0.250. The summed E-state index contributed by atoms with van der Waals surface area (Å²) in [6.45, 7) is 2.13. The van der Waals surface area contributed by atoms with E-state index in [0.29, 0.717) is 27.6 Å². The van der Waals surface area contributed by atoms with Gasteiger partial charge in [0, 0.05) is 36.8 Å². The molecule has 0 saturated carbocycles. The highest BCUT2D eigenvalue weighted by molar-refractivity contribution is 7.87. The van der Waals surface area contributed by atoms with E-state index in [9.17, 15) is 13.5 Å². The Morgan fingerprint density at radius 3 is 2.51 bits per heavy atom. The second kappa shape index (κ2) is 12.5. The predicted octanol–water partition coefficient (Wildman–Crippen LogP) is 2.57. The van der Waals surface area contributed by atoms with Crippen molar-refractivity contribution in [1.82, 2.24) is 34.2 Å². The van der Waals surface area contributed by atoms with Gasteiger partial charge in [0.1, 0.15) is 24.4 Å². The number of hydrogen-bond donors (Lipinski definition) is 2. The number of hydrazone groups is 1. The summed E-state index contributed by atoms with van der Waals surface area (Å²) in [5.74, 6) is 0.536. The molecule has 2 heterocycles. The molecule has 0 fully saturated rings. The lowest BCUT2D eigenvalue weighted by atomic mass is 9.86. The standard InChI is InChI=1S/C28H30ClN9O4S/c1-4-36(3)43(40,41)33-27(30-2)37-18-28(39,26(32-37)20-9-13-23(29)14-10-20)22-11-15-24(16-12-22)42-17-21-7-5-6-8-25(21)38-19-31-34-35-38/h5-16,19,39H,4,17-18H2,1-3H3,(H,30,33). The van der Waals surface area contributed by atoms with Gasteiger partial charge in [-0.3, -0.25) is 4.99 Å². The minimum atomic E-state index is -3.89. The van der Waals surface area contributed by atoms with Gasteiger partial charge in [0.15, 0.2) is 5.60 Å². The Kier molecular flexibility index (Phi) is 8.73. The molecule has 0 saturated heterocycles. The second-order valence-electron chi connectivity index (χ2n) is 9.64. The third-order valence-corrected chi connectivity index (χ3v) is 8.73. The highest BCUT2D eigenvalue weighted by Gasteiger charge is 2.45. The number of benzene rings is 3. The first-order chi connectivity index (χ1) is 20.6. The maximum atomic E-state index is 12.8. The summed E-state index contributed by atoms with van der Waals surface area (Å²) >= 11 is 6.12. The van der Waals surface area contributed by atoms with Gasteiger partial charge in [0.2, 0.25) is 5.96 Å². The number of nitrogens with one attached hydrogen (secondary N) is 1. The molecule has 1 atom stereocenters. The van der Waals surface area contributed by atoms with Crippen LogP contribution in [0, 0.1) is 0 Å². The molecular formula is C28H30ClN9O4S. The summed E-state index contributed by atoms with van der Waals surface area (Å²) in [6, 6.07) is 21.5. The van der Waals surface area contributed by atoms with Crippen molar-refractivity contribution in [2.45, 2.75) is 19.1 Å². The lowest BCUT2D eigenvalue weighted by Crippen LogP contribution is -2.48. The van der Waals surface area contributed by atoms with E-state index in [2.05, 4.69) is 30.3 Å². The number of para-hydroxylation sites is 1. The van der Waals surface area contributed by atoms with E-state index in [1.807, 2.05) is 24.3 Å². The van der Waals surface area contributed by atoms with Crippen LogP contribution in [0.5, 0.6) is 5.75 Å². The Labute approximate surface area is 254 Å². The highest BCUT2D eigenvalue weighted by Crippen LogP contribution is 2.34. The molecule has 3 aromatic carbocycles. The van der Waals surface area contributed by atoms with Gasteiger partial charge >= 0.3 is 10.2 Å². The Morgan fingerprint density at radius 1 is 1.14 bits per heavy atom. The van der Waals surface area contributed by atoms with Gasteiger partial charge in [-0.25, -0.2) is 14.4 Å². The molecule has 224 valence electrons. The van der Waals surface area contributed by atoms with Crippen molar-refractivity contribution in [3.63, 3.8) is 0 Å². The zero-order valence-electron chi connectivity index (χ0n) is 23.7. The summed E-state index contributed by atoms with van der Waals surface area (Å²) in [4.78, 5) is 4.12. The van der Waals surface area contributed by atoms with Crippen molar-refractivity contribution >= 4 is 33.5 Å². The van der Waals surface area contributed by atoms with E-state index in [1.54, 1.807) is 60.1 Å². The lowest BCUT2D eigenvalue weighted by molar-refractivity contribution is 0.103. The van der Waals surface area contributed by atoms with Gasteiger partial charge in [0.25, 0.3) is 0 Å². The molecule has 4 aromatic rings. The molecule has 0 amide bonds. The molecule has 0 spiro atoms. The molecule has 1 aromatic heterocycles. The molecular weight excluding hydrogens is 594 g/mol. The van der Waals surface area contributed by atoms with Crippen LogP contribution >= 0.6 is 11.6 Å². The maximum Gasteiger partial charge on any atom is 0.303 e. The van der Waals surface area contributed by atoms with Crippen LogP contribution in [0.25, 0.3) is 5.69 Å². The number of tetrazole rings is 1. The van der Waals surface area contributed by atoms with Crippen LogP contribution in [-0.2, 0) is 22.4 Å². The van der Waals surface area contributed by atoms with Crippen molar-refractivity contribution < 1.29 is 18.3 Å². The number of rotatable bonds is 9. The number of hydrogen-bond acceptors (Lipinski definition) is 9. The van der Waals surface area contributed by atoms with Crippen LogP contribution in [0.1, 0.15) is 23.6 Å². The number of aromatic nitrogens is 4. The largest absolute Gasteiger partial charge is 0.489 e. The normalized spacial score (nSPS) is 17.3. The Hall–Kier alpha value is -4.37. The number of aliphatic hydroxyl groups is 1. The number of nitrogens with zero attached hydrogens (tertiary/aromatic N) is 8. The molecule has 0 aliphatic carbocycles. The summed E-state index contributed by atoms with van der Waals surface area (Å²) in [5, 5.41) is 30.0. The summed E-state index contributed by atoms with van der Waals surface area (Å²) in [6.07, 6.45) is 1.51. The highest BCUT2D eigenvalue weighted by atomic mass is 35.5. The molecule has 15 heteroatoms. The van der Waals surface area contributed by atoms with Crippen LogP contribution in [0.15, 0.2) is 89.2 Å². The quantitative estimate of drug-likeness (QED) is 0.213. The van der Waals surface area contributed by atoms with Crippen molar-refractivity contribution in [2.24, 2.45) is 10.1 Å². The number of halogens is 1. The van der Waals surface area contributed by atoms with E-state index in [-0.39, 0.29) is 25.7 Å². The minimum Gasteiger partial charge on any atom is -0.489 e. The fourth-order valence-electron chi connectivity index (χ4n) is 4.48. The summed E-state index contributed by atoms with van der Waals surface area (Å²) in [5.41, 5.74) is 1.48. The van der Waals surface area contributed by atoms with E-state index in [0.717, 1.165) is 15.6 Å². The van der Waals surface area contributed by atoms with Crippen molar-refractivity contribution in [1.29, 1.82) is 0 Å². The average molecular weight is 624 g/mol. The number of guanidine groups is 1. The zero-order valence-corrected chi connectivity index (χ0v) is 25.2. The average Bonchev–Trinajstić information content (AvgIpc) is 3.68. The fourth-order valence-corrected chi connectivity index (χ4v) is 5.53. The Morgan fingerprint density at radius 2 is 1.86 bits per heavy atom. The zero-order chi connectivity index (χ0) is 30.6. The summed E-state index contributed by atoms with van der Waals surface area (Å²) in [7, 11) is -0.990. The Balaban J connectivity index is 1.41. The first-order valence-corrected chi connectivity index (χ1v) is 15.1. The third kappa shape index (κ3) is 6.37. The van der Waals surface area contributed by atoms with Crippen LogP contribution in [-0.4, -0.2) is 81.9 Å².